The van der Waals surface area contributed by atoms with E-state index in [1.807, 2.05) is 42.5 Å². The summed E-state index contributed by atoms with van der Waals surface area (Å²) < 4.78 is 24.7. The maximum Gasteiger partial charge on any atom is 0.145 e. The Morgan fingerprint density at radius 2 is 1.77 bits per heavy atom. The zero-order valence-electron chi connectivity index (χ0n) is 12.5. The Bertz CT molecular complexity index is 817. The summed E-state index contributed by atoms with van der Waals surface area (Å²) in [4.78, 5) is 4.14. The molecule has 0 fully saturated rings. The van der Waals surface area contributed by atoms with Crippen LogP contribution in [0.3, 0.4) is 0 Å². The number of aromatic nitrogens is 1. The van der Waals surface area contributed by atoms with Crippen molar-refractivity contribution in [3.63, 3.8) is 0 Å². The number of halogens is 1. The monoisotopic (exact) mass is 297 g/mol. The molecule has 2 aromatic carbocycles. The van der Waals surface area contributed by atoms with Gasteiger partial charge in [0.15, 0.2) is 0 Å². The fraction of sp³-hybridized carbons (Fsp3) is 0.167. The van der Waals surface area contributed by atoms with Gasteiger partial charge in [-0.1, -0.05) is 12.1 Å². The number of benzene rings is 2. The van der Waals surface area contributed by atoms with Gasteiger partial charge in [-0.25, -0.2) is 4.39 Å². The van der Waals surface area contributed by atoms with Gasteiger partial charge in [-0.3, -0.25) is 4.98 Å². The lowest BCUT2D eigenvalue weighted by Crippen LogP contribution is -1.97. The number of fused-ring (bicyclic) bond motifs is 1. The van der Waals surface area contributed by atoms with Crippen LogP contribution in [0.15, 0.2) is 48.7 Å². The van der Waals surface area contributed by atoms with E-state index >= 15 is 0 Å². The number of methoxy groups -OCH3 is 2. The molecule has 3 nitrogen and oxygen atoms in total. The second kappa shape index (κ2) is 6.02. The van der Waals surface area contributed by atoms with E-state index in [-0.39, 0.29) is 5.82 Å². The van der Waals surface area contributed by atoms with Gasteiger partial charge < -0.3 is 9.47 Å². The first kappa shape index (κ1) is 14.3. The van der Waals surface area contributed by atoms with Crippen molar-refractivity contribution >= 4 is 10.9 Å². The van der Waals surface area contributed by atoms with E-state index in [2.05, 4.69) is 4.98 Å². The topological polar surface area (TPSA) is 31.4 Å². The zero-order chi connectivity index (χ0) is 15.5. The zero-order valence-corrected chi connectivity index (χ0v) is 12.5. The summed E-state index contributed by atoms with van der Waals surface area (Å²) in [5.41, 5.74) is 2.34. The Hall–Kier alpha value is -2.62. The third kappa shape index (κ3) is 2.72. The van der Waals surface area contributed by atoms with Crippen LogP contribution in [0, 0.1) is 5.82 Å². The molecule has 0 unspecified atom stereocenters. The van der Waals surface area contributed by atoms with Crippen LogP contribution in [-0.4, -0.2) is 19.2 Å². The highest BCUT2D eigenvalue weighted by molar-refractivity contribution is 5.84. The van der Waals surface area contributed by atoms with E-state index in [1.165, 1.54) is 6.20 Å². The Kier molecular flexibility index (Phi) is 3.92. The van der Waals surface area contributed by atoms with E-state index in [0.29, 0.717) is 17.7 Å². The van der Waals surface area contributed by atoms with Crippen molar-refractivity contribution in [2.45, 2.75) is 6.42 Å². The van der Waals surface area contributed by atoms with Crippen molar-refractivity contribution in [2.75, 3.05) is 14.2 Å². The average molecular weight is 297 g/mol. The van der Waals surface area contributed by atoms with Gasteiger partial charge in [-0.2, -0.15) is 0 Å². The lowest BCUT2D eigenvalue weighted by molar-refractivity contribution is 0.414. The maximum atomic E-state index is 14.3. The summed E-state index contributed by atoms with van der Waals surface area (Å²) in [6.45, 7) is 0. The van der Waals surface area contributed by atoms with E-state index in [9.17, 15) is 4.39 Å². The molecule has 0 aliphatic carbocycles. The summed E-state index contributed by atoms with van der Waals surface area (Å²) in [7, 11) is 3.21. The molecule has 0 radical (unpaired) electrons. The first-order chi connectivity index (χ1) is 10.7. The second-order valence-corrected chi connectivity index (χ2v) is 5.00. The first-order valence-corrected chi connectivity index (χ1v) is 6.95. The third-order valence-electron chi connectivity index (χ3n) is 3.65. The SMILES string of the molecule is COc1cccc(Cc2c(F)cnc3ccc(OC)cc23)c1. The van der Waals surface area contributed by atoms with Gasteiger partial charge in [0.05, 0.1) is 25.9 Å². The smallest absolute Gasteiger partial charge is 0.145 e. The van der Waals surface area contributed by atoms with Crippen LogP contribution >= 0.6 is 0 Å². The Morgan fingerprint density at radius 1 is 1.00 bits per heavy atom. The summed E-state index contributed by atoms with van der Waals surface area (Å²) in [6, 6.07) is 13.1. The minimum atomic E-state index is -0.316. The summed E-state index contributed by atoms with van der Waals surface area (Å²) >= 11 is 0. The summed E-state index contributed by atoms with van der Waals surface area (Å²) in [6.07, 6.45) is 1.74. The fourth-order valence-electron chi connectivity index (χ4n) is 2.50. The molecular formula is C18H16FNO2. The van der Waals surface area contributed by atoms with Gasteiger partial charge in [-0.15, -0.1) is 0 Å². The minimum Gasteiger partial charge on any atom is -0.497 e. The maximum absolute atomic E-state index is 14.3. The molecule has 0 amide bonds. The van der Waals surface area contributed by atoms with Crippen LogP contribution < -0.4 is 9.47 Å². The first-order valence-electron chi connectivity index (χ1n) is 6.95. The Balaban J connectivity index is 2.10. The molecule has 0 N–H and O–H groups in total. The Morgan fingerprint density at radius 3 is 2.55 bits per heavy atom. The molecule has 0 spiro atoms. The van der Waals surface area contributed by atoms with Crippen LogP contribution in [0.1, 0.15) is 11.1 Å². The van der Waals surface area contributed by atoms with Crippen molar-refractivity contribution < 1.29 is 13.9 Å². The van der Waals surface area contributed by atoms with Crippen LogP contribution in [-0.2, 0) is 6.42 Å². The molecular weight excluding hydrogens is 281 g/mol. The molecule has 0 aliphatic heterocycles. The van der Waals surface area contributed by atoms with E-state index in [1.54, 1.807) is 14.2 Å². The van der Waals surface area contributed by atoms with Gasteiger partial charge in [0.25, 0.3) is 0 Å². The van der Waals surface area contributed by atoms with Crippen molar-refractivity contribution in [1.82, 2.24) is 4.98 Å². The molecule has 0 bridgehead atoms. The van der Waals surface area contributed by atoms with Crippen molar-refractivity contribution in [2.24, 2.45) is 0 Å². The normalized spacial score (nSPS) is 10.7. The van der Waals surface area contributed by atoms with Crippen LogP contribution in [0.2, 0.25) is 0 Å². The molecule has 0 atom stereocenters. The number of rotatable bonds is 4. The number of ether oxygens (including phenoxy) is 2. The highest BCUT2D eigenvalue weighted by Gasteiger charge is 2.11. The second-order valence-electron chi connectivity index (χ2n) is 5.00. The molecule has 0 saturated carbocycles. The fourth-order valence-corrected chi connectivity index (χ4v) is 2.50. The third-order valence-corrected chi connectivity index (χ3v) is 3.65. The number of hydrogen-bond donors (Lipinski definition) is 0. The lowest BCUT2D eigenvalue weighted by Gasteiger charge is -2.10. The van der Waals surface area contributed by atoms with Crippen molar-refractivity contribution in [3.05, 3.63) is 65.6 Å². The molecule has 1 heterocycles. The number of pyridine rings is 1. The molecule has 3 rings (SSSR count). The van der Waals surface area contributed by atoms with Crippen molar-refractivity contribution in [3.8, 4) is 11.5 Å². The lowest BCUT2D eigenvalue weighted by atomic mass is 10.0. The number of hydrogen-bond acceptors (Lipinski definition) is 3. The average Bonchev–Trinajstić information content (AvgIpc) is 2.57. The van der Waals surface area contributed by atoms with Gasteiger partial charge >= 0.3 is 0 Å². The van der Waals surface area contributed by atoms with Gasteiger partial charge in [-0.05, 0) is 35.9 Å². The van der Waals surface area contributed by atoms with E-state index < -0.39 is 0 Å². The van der Waals surface area contributed by atoms with Crippen LogP contribution in [0.4, 0.5) is 4.39 Å². The largest absolute Gasteiger partial charge is 0.497 e. The standard InChI is InChI=1S/C18H16FNO2/c1-21-13-5-3-4-12(8-13)9-15-16-10-14(22-2)6-7-18(16)20-11-17(15)19/h3-8,10-11H,9H2,1-2H3. The molecule has 3 aromatic rings. The molecule has 0 aliphatic rings. The minimum absolute atomic E-state index is 0.316. The van der Waals surface area contributed by atoms with Gasteiger partial charge in [0.1, 0.15) is 17.3 Å². The van der Waals surface area contributed by atoms with Crippen LogP contribution in [0.5, 0.6) is 11.5 Å². The molecule has 4 heteroatoms. The predicted molar refractivity (Wildman–Crippen MR) is 84.1 cm³/mol. The van der Waals surface area contributed by atoms with Crippen molar-refractivity contribution in [1.29, 1.82) is 0 Å². The Labute approximate surface area is 128 Å². The predicted octanol–water partition coefficient (Wildman–Crippen LogP) is 3.98. The molecule has 1 aromatic heterocycles. The van der Waals surface area contributed by atoms with Gasteiger partial charge in [0, 0.05) is 17.4 Å². The highest BCUT2D eigenvalue weighted by Crippen LogP contribution is 2.27. The van der Waals surface area contributed by atoms with Crippen LogP contribution in [0.25, 0.3) is 10.9 Å². The molecule has 112 valence electrons. The number of nitrogens with zero attached hydrogens (tertiary/aromatic N) is 1. The molecule has 0 saturated heterocycles. The van der Waals surface area contributed by atoms with E-state index in [0.717, 1.165) is 22.2 Å². The summed E-state index contributed by atoms with van der Waals surface area (Å²) in [5, 5.41) is 0.766. The highest BCUT2D eigenvalue weighted by atomic mass is 19.1. The molecule has 22 heavy (non-hydrogen) atoms. The summed E-state index contributed by atoms with van der Waals surface area (Å²) in [5.74, 6) is 1.13. The quantitative estimate of drug-likeness (QED) is 0.730. The van der Waals surface area contributed by atoms with Gasteiger partial charge in [0.2, 0.25) is 0 Å². The van der Waals surface area contributed by atoms with E-state index in [4.69, 9.17) is 9.47 Å².